The fraction of sp³-hybridized carbons (Fsp3) is 0.900. The van der Waals surface area contributed by atoms with E-state index in [1.165, 1.54) is 7.11 Å². The van der Waals surface area contributed by atoms with Crippen LogP contribution in [0.2, 0.25) is 0 Å². The number of carbonyl (C=O) groups excluding carboxylic acids is 2. The Morgan fingerprint density at radius 1 is 0.900 bits per heavy atom. The molecule has 0 heterocycles. The molecule has 1 amide bonds. The van der Waals surface area contributed by atoms with Gasteiger partial charge in [0.05, 0.1) is 0 Å². The second-order valence-corrected chi connectivity index (χ2v) is 7.45. The third-order valence-electron chi connectivity index (χ3n) is 5.52. The highest BCUT2D eigenvalue weighted by atomic mass is 16.5. The summed E-state index contributed by atoms with van der Waals surface area (Å²) < 4.78 is 5.21. The SMILES string of the molecule is CCC(C)NCCNCCNC(=O)[C@H](O)[C@@H](O)[C@H](O)[C@H](O)C(=O)C(CC)(CC)OC. The molecule has 0 saturated heterocycles. The fourth-order valence-corrected chi connectivity index (χ4v) is 3.00. The quantitative estimate of drug-likeness (QED) is 0.132. The number of Topliss-reactive ketones (excluding diaryl/α,β-unsaturated/α-hetero) is 1. The lowest BCUT2D eigenvalue weighted by Crippen LogP contribution is -2.57. The summed E-state index contributed by atoms with van der Waals surface area (Å²) in [5.74, 6) is -1.73. The lowest BCUT2D eigenvalue weighted by atomic mass is 9.85. The molecular weight excluding hydrogens is 394 g/mol. The predicted octanol–water partition coefficient (Wildman–Crippen LogP) is -1.70. The van der Waals surface area contributed by atoms with Crippen molar-refractivity contribution in [3.63, 3.8) is 0 Å². The zero-order chi connectivity index (χ0) is 23.3. The van der Waals surface area contributed by atoms with Crippen LogP contribution in [-0.2, 0) is 14.3 Å². The molecule has 7 N–H and O–H groups in total. The summed E-state index contributed by atoms with van der Waals surface area (Å²) in [7, 11) is 1.32. The Kier molecular flexibility index (Phi) is 14.2. The topological polar surface area (TPSA) is 160 Å². The molecule has 30 heavy (non-hydrogen) atoms. The van der Waals surface area contributed by atoms with Crippen LogP contribution in [-0.4, -0.2) is 101 Å². The number of aliphatic hydroxyl groups is 4. The van der Waals surface area contributed by atoms with Crippen LogP contribution in [0.1, 0.15) is 47.0 Å². The van der Waals surface area contributed by atoms with Gasteiger partial charge >= 0.3 is 0 Å². The van der Waals surface area contributed by atoms with Crippen molar-refractivity contribution in [2.75, 3.05) is 33.3 Å². The van der Waals surface area contributed by atoms with Crippen LogP contribution in [0.15, 0.2) is 0 Å². The maximum Gasteiger partial charge on any atom is 0.251 e. The van der Waals surface area contributed by atoms with Crippen molar-refractivity contribution in [1.29, 1.82) is 0 Å². The van der Waals surface area contributed by atoms with E-state index in [1.54, 1.807) is 13.8 Å². The smallest absolute Gasteiger partial charge is 0.251 e. The van der Waals surface area contributed by atoms with Gasteiger partial charge in [0, 0.05) is 39.3 Å². The molecule has 0 aliphatic carbocycles. The summed E-state index contributed by atoms with van der Waals surface area (Å²) in [5.41, 5.74) is -1.32. The van der Waals surface area contributed by atoms with E-state index in [9.17, 15) is 30.0 Å². The minimum atomic E-state index is -2.05. The van der Waals surface area contributed by atoms with Crippen LogP contribution in [0.5, 0.6) is 0 Å². The molecule has 0 saturated carbocycles. The normalized spacial score (nSPS) is 17.1. The van der Waals surface area contributed by atoms with Crippen molar-refractivity contribution in [3.8, 4) is 0 Å². The first-order valence-electron chi connectivity index (χ1n) is 10.6. The van der Waals surface area contributed by atoms with Gasteiger partial charge in [-0.1, -0.05) is 20.8 Å². The first-order valence-corrected chi connectivity index (χ1v) is 10.6. The third kappa shape index (κ3) is 8.54. The van der Waals surface area contributed by atoms with Gasteiger partial charge in [-0.25, -0.2) is 0 Å². The molecule has 178 valence electrons. The molecule has 5 atom stereocenters. The second kappa shape index (κ2) is 14.8. The number of ether oxygens (including phenoxy) is 1. The van der Waals surface area contributed by atoms with Crippen LogP contribution < -0.4 is 16.0 Å². The summed E-state index contributed by atoms with van der Waals surface area (Å²) >= 11 is 0. The van der Waals surface area contributed by atoms with Gasteiger partial charge in [-0.15, -0.1) is 0 Å². The Morgan fingerprint density at radius 3 is 1.93 bits per heavy atom. The number of amides is 1. The summed E-state index contributed by atoms with van der Waals surface area (Å²) in [4.78, 5) is 24.5. The summed E-state index contributed by atoms with van der Waals surface area (Å²) in [6.45, 7) is 9.69. The Morgan fingerprint density at radius 2 is 1.43 bits per heavy atom. The van der Waals surface area contributed by atoms with Crippen molar-refractivity contribution < 1.29 is 34.8 Å². The Balaban J connectivity index is 4.50. The Bertz CT molecular complexity index is 495. The van der Waals surface area contributed by atoms with Crippen LogP contribution in [0, 0.1) is 0 Å². The molecule has 0 radical (unpaired) electrons. The molecule has 0 aromatic carbocycles. The number of aliphatic hydroxyl groups excluding tert-OH is 4. The number of ketones is 1. The van der Waals surface area contributed by atoms with E-state index in [2.05, 4.69) is 29.8 Å². The average Bonchev–Trinajstić information content (AvgIpc) is 2.77. The predicted molar refractivity (Wildman–Crippen MR) is 113 cm³/mol. The Hall–Kier alpha value is -1.14. The largest absolute Gasteiger partial charge is 0.387 e. The second-order valence-electron chi connectivity index (χ2n) is 7.45. The first-order chi connectivity index (χ1) is 14.1. The average molecular weight is 436 g/mol. The van der Waals surface area contributed by atoms with Gasteiger partial charge in [0.25, 0.3) is 5.91 Å². The minimum Gasteiger partial charge on any atom is -0.387 e. The van der Waals surface area contributed by atoms with E-state index in [4.69, 9.17) is 4.74 Å². The van der Waals surface area contributed by atoms with Gasteiger partial charge in [-0.05, 0) is 26.2 Å². The molecule has 1 unspecified atom stereocenters. The van der Waals surface area contributed by atoms with Crippen molar-refractivity contribution in [1.82, 2.24) is 16.0 Å². The summed E-state index contributed by atoms with van der Waals surface area (Å²) in [6.07, 6.45) is -6.57. The molecule has 10 nitrogen and oxygen atoms in total. The van der Waals surface area contributed by atoms with Gasteiger partial charge in [-0.2, -0.15) is 0 Å². The van der Waals surface area contributed by atoms with Gasteiger partial charge in [0.2, 0.25) is 0 Å². The fourth-order valence-electron chi connectivity index (χ4n) is 3.00. The zero-order valence-electron chi connectivity index (χ0n) is 18.9. The standard InChI is InChI=1S/C20H41N3O7/c1-6-13(4)22-11-9-21-10-12-23-19(29)17(27)15(25)14(24)16(26)18(28)20(7-2,8-3)30-5/h13-17,21-22,24-27H,6-12H2,1-5H3,(H,23,29)/t13?,14-,15-,16-,17+/m0/s1. The molecule has 0 rings (SSSR count). The van der Waals surface area contributed by atoms with E-state index in [1.807, 2.05) is 0 Å². The van der Waals surface area contributed by atoms with Crippen molar-refractivity contribution in [2.45, 2.75) is 83.0 Å². The molecule has 0 aromatic heterocycles. The van der Waals surface area contributed by atoms with E-state index < -0.39 is 41.7 Å². The van der Waals surface area contributed by atoms with Crippen molar-refractivity contribution in [2.24, 2.45) is 0 Å². The van der Waals surface area contributed by atoms with Crippen LogP contribution in [0.25, 0.3) is 0 Å². The van der Waals surface area contributed by atoms with Crippen LogP contribution >= 0.6 is 0 Å². The highest BCUT2D eigenvalue weighted by Gasteiger charge is 2.45. The minimum absolute atomic E-state index is 0.196. The molecular formula is C20H41N3O7. The van der Waals surface area contributed by atoms with Gasteiger partial charge < -0.3 is 41.1 Å². The van der Waals surface area contributed by atoms with Gasteiger partial charge in [-0.3, -0.25) is 9.59 Å². The highest BCUT2D eigenvalue weighted by molar-refractivity contribution is 5.91. The molecule has 0 spiro atoms. The van der Waals surface area contributed by atoms with Crippen molar-refractivity contribution in [3.05, 3.63) is 0 Å². The number of hydrogen-bond acceptors (Lipinski definition) is 9. The molecule has 0 aliphatic rings. The molecule has 10 heteroatoms. The number of nitrogens with one attached hydrogen (secondary N) is 3. The first kappa shape index (κ1) is 28.9. The number of methoxy groups -OCH3 is 1. The maximum atomic E-state index is 12.5. The number of carbonyl (C=O) groups is 2. The molecule has 0 aliphatic heterocycles. The maximum absolute atomic E-state index is 12.5. The highest BCUT2D eigenvalue weighted by Crippen LogP contribution is 2.24. The van der Waals surface area contributed by atoms with Crippen LogP contribution in [0.4, 0.5) is 0 Å². The van der Waals surface area contributed by atoms with E-state index in [0.717, 1.165) is 13.0 Å². The lowest BCUT2D eigenvalue weighted by molar-refractivity contribution is -0.168. The molecule has 0 aromatic rings. The van der Waals surface area contributed by atoms with Crippen molar-refractivity contribution >= 4 is 11.7 Å². The van der Waals surface area contributed by atoms with Gasteiger partial charge in [0.15, 0.2) is 11.9 Å². The lowest BCUT2D eigenvalue weighted by Gasteiger charge is -2.33. The Labute approximate surface area is 179 Å². The summed E-state index contributed by atoms with van der Waals surface area (Å²) in [6, 6.07) is 0.431. The zero-order valence-corrected chi connectivity index (χ0v) is 18.9. The molecule has 0 fully saturated rings. The summed E-state index contributed by atoms with van der Waals surface area (Å²) in [5, 5.41) is 49.2. The van der Waals surface area contributed by atoms with E-state index in [-0.39, 0.29) is 19.4 Å². The third-order valence-corrected chi connectivity index (χ3v) is 5.52. The molecule has 0 bridgehead atoms. The van der Waals surface area contributed by atoms with Crippen LogP contribution in [0.3, 0.4) is 0 Å². The van der Waals surface area contributed by atoms with Gasteiger partial charge in [0.1, 0.15) is 23.9 Å². The number of rotatable bonds is 17. The van der Waals surface area contributed by atoms with E-state index >= 15 is 0 Å². The monoisotopic (exact) mass is 435 g/mol. The number of hydrogen-bond donors (Lipinski definition) is 7. The van der Waals surface area contributed by atoms with E-state index in [0.29, 0.717) is 19.1 Å².